The fourth-order valence-corrected chi connectivity index (χ4v) is 6.87. The van der Waals surface area contributed by atoms with E-state index in [9.17, 15) is 9.90 Å². The van der Waals surface area contributed by atoms with E-state index in [0.717, 1.165) is 44.3 Å². The number of carbonyl (C=O) groups is 1. The lowest BCUT2D eigenvalue weighted by molar-refractivity contribution is -0.137. The van der Waals surface area contributed by atoms with Crippen LogP contribution in [0.5, 0.6) is 0 Å². The lowest BCUT2D eigenvalue weighted by atomic mass is 9.72. The Morgan fingerprint density at radius 1 is 1.17 bits per heavy atom. The summed E-state index contributed by atoms with van der Waals surface area (Å²) < 4.78 is 6.35. The molecule has 0 saturated carbocycles. The highest BCUT2D eigenvalue weighted by molar-refractivity contribution is 7.99. The van der Waals surface area contributed by atoms with Crippen LogP contribution >= 0.6 is 11.8 Å². The van der Waals surface area contributed by atoms with Gasteiger partial charge in [-0.3, -0.25) is 4.79 Å². The number of ether oxygens (including phenoxy) is 1. The summed E-state index contributed by atoms with van der Waals surface area (Å²) in [5.41, 5.74) is -0.00691. The van der Waals surface area contributed by atoms with E-state index in [1.807, 2.05) is 11.8 Å². The Morgan fingerprint density at radius 3 is 2.55 bits per heavy atom. The Hall–Kier alpha value is -0.260. The Morgan fingerprint density at radius 2 is 1.90 bits per heavy atom. The van der Waals surface area contributed by atoms with Crippen LogP contribution in [0.15, 0.2) is 0 Å². The van der Waals surface area contributed by atoms with Crippen LogP contribution in [0.4, 0.5) is 0 Å². The molecule has 29 heavy (non-hydrogen) atoms. The van der Waals surface area contributed by atoms with Crippen LogP contribution in [0.25, 0.3) is 0 Å². The molecule has 0 aliphatic carbocycles. The fourth-order valence-electron chi connectivity index (χ4n) is 5.36. The monoisotopic (exact) mass is 428 g/mol. The molecule has 0 amide bonds. The van der Waals surface area contributed by atoms with E-state index < -0.39 is 5.97 Å². The molecule has 2 fully saturated rings. The van der Waals surface area contributed by atoms with Gasteiger partial charge in [0.25, 0.3) is 0 Å². The van der Waals surface area contributed by atoms with Gasteiger partial charge in [0, 0.05) is 17.6 Å². The number of hydrogen-bond acceptors (Lipinski definition) is 4. The largest absolute Gasteiger partial charge is 0.481 e. The number of unbranched alkanes of at least 4 members (excludes halogenated alkanes) is 2. The van der Waals surface area contributed by atoms with Crippen LogP contribution in [0, 0.1) is 17.3 Å². The molecular weight excluding hydrogens is 384 g/mol. The number of aliphatic hydroxyl groups excluding tert-OH is 1. The van der Waals surface area contributed by atoms with Gasteiger partial charge in [0.15, 0.2) is 0 Å². The molecule has 4 nitrogen and oxygen atoms in total. The predicted octanol–water partition coefficient (Wildman–Crippen LogP) is 5.90. The highest BCUT2D eigenvalue weighted by atomic mass is 32.2. The van der Waals surface area contributed by atoms with Gasteiger partial charge in [-0.15, -0.1) is 0 Å². The minimum absolute atomic E-state index is 0.00691. The molecule has 2 rings (SSSR count). The summed E-state index contributed by atoms with van der Waals surface area (Å²) >= 11 is 2.03. The van der Waals surface area contributed by atoms with Crippen LogP contribution in [0.1, 0.15) is 98.3 Å². The molecule has 0 aromatic carbocycles. The lowest BCUT2D eigenvalue weighted by Crippen LogP contribution is -2.36. The lowest BCUT2D eigenvalue weighted by Gasteiger charge is -2.36. The highest BCUT2D eigenvalue weighted by Crippen LogP contribution is 2.50. The van der Waals surface area contributed by atoms with Crippen LogP contribution in [0.2, 0.25) is 0 Å². The molecule has 0 radical (unpaired) electrons. The first-order valence-electron chi connectivity index (χ1n) is 12.0. The van der Waals surface area contributed by atoms with Gasteiger partial charge in [0.1, 0.15) is 0 Å². The predicted molar refractivity (Wildman–Crippen MR) is 121 cm³/mol. The van der Waals surface area contributed by atoms with Crippen molar-refractivity contribution in [3.05, 3.63) is 0 Å². The first kappa shape index (κ1) is 25.0. The second kappa shape index (κ2) is 12.0. The van der Waals surface area contributed by atoms with Crippen LogP contribution in [-0.2, 0) is 9.53 Å². The average Bonchev–Trinajstić information content (AvgIpc) is 3.28. The number of thioether (sulfide) groups is 1. The van der Waals surface area contributed by atoms with Crippen molar-refractivity contribution in [3.63, 3.8) is 0 Å². The molecular formula is C24H44O4S. The van der Waals surface area contributed by atoms with E-state index in [1.165, 1.54) is 25.7 Å². The average molecular weight is 429 g/mol. The van der Waals surface area contributed by atoms with Gasteiger partial charge in [-0.1, -0.05) is 40.5 Å². The molecule has 170 valence electrons. The third kappa shape index (κ3) is 7.14. The Kier molecular flexibility index (Phi) is 10.3. The van der Waals surface area contributed by atoms with Crippen molar-refractivity contribution < 1.29 is 19.7 Å². The maximum atomic E-state index is 10.9. The summed E-state index contributed by atoms with van der Waals surface area (Å²) in [5.74, 6) is 1.51. The zero-order valence-electron chi connectivity index (χ0n) is 19.1. The number of fused-ring (bicyclic) bond motifs is 2. The summed E-state index contributed by atoms with van der Waals surface area (Å²) in [6.45, 7) is 8.92. The molecule has 2 bridgehead atoms. The second-order valence-electron chi connectivity index (χ2n) is 9.89. The van der Waals surface area contributed by atoms with E-state index >= 15 is 0 Å². The number of rotatable bonds is 15. The summed E-state index contributed by atoms with van der Waals surface area (Å²) in [6.07, 6.45) is 11.5. The quantitative estimate of drug-likeness (QED) is 0.318. The normalized spacial score (nSPS) is 28.6. The highest BCUT2D eigenvalue weighted by Gasteiger charge is 2.51. The molecule has 0 aromatic rings. The molecule has 2 saturated heterocycles. The molecule has 0 spiro atoms. The number of carboxylic acids is 1. The first-order chi connectivity index (χ1) is 13.8. The van der Waals surface area contributed by atoms with Gasteiger partial charge < -0.3 is 14.9 Å². The van der Waals surface area contributed by atoms with Crippen LogP contribution < -0.4 is 0 Å². The van der Waals surface area contributed by atoms with Gasteiger partial charge in [-0.25, -0.2) is 0 Å². The van der Waals surface area contributed by atoms with E-state index in [4.69, 9.17) is 9.84 Å². The van der Waals surface area contributed by atoms with Crippen molar-refractivity contribution in [1.29, 1.82) is 0 Å². The minimum Gasteiger partial charge on any atom is -0.481 e. The van der Waals surface area contributed by atoms with Crippen molar-refractivity contribution in [2.24, 2.45) is 17.3 Å². The van der Waals surface area contributed by atoms with Gasteiger partial charge in [0.05, 0.1) is 18.3 Å². The molecule has 0 aromatic heterocycles. The number of aliphatic carboxylic acids is 1. The second-order valence-corrected chi connectivity index (χ2v) is 11.2. The summed E-state index contributed by atoms with van der Waals surface area (Å²) in [4.78, 5) is 10.7. The molecule has 2 heterocycles. The maximum absolute atomic E-state index is 10.9. The van der Waals surface area contributed by atoms with Crippen molar-refractivity contribution in [3.8, 4) is 0 Å². The van der Waals surface area contributed by atoms with E-state index in [-0.39, 0.29) is 17.9 Å². The van der Waals surface area contributed by atoms with Crippen molar-refractivity contribution in [1.82, 2.24) is 0 Å². The zero-order valence-corrected chi connectivity index (χ0v) is 19.9. The van der Waals surface area contributed by atoms with E-state index in [1.54, 1.807) is 0 Å². The summed E-state index contributed by atoms with van der Waals surface area (Å²) in [7, 11) is 0. The topological polar surface area (TPSA) is 66.8 Å². The van der Waals surface area contributed by atoms with Crippen LogP contribution in [-0.4, -0.2) is 45.5 Å². The molecule has 2 N–H and O–H groups in total. The number of hydrogen-bond donors (Lipinski definition) is 2. The minimum atomic E-state index is -0.691. The molecule has 5 heteroatoms. The Labute approximate surface area is 182 Å². The van der Waals surface area contributed by atoms with Gasteiger partial charge in [-0.2, -0.15) is 11.8 Å². The van der Waals surface area contributed by atoms with E-state index in [2.05, 4.69) is 27.7 Å². The van der Waals surface area contributed by atoms with Crippen molar-refractivity contribution in [2.75, 3.05) is 5.75 Å². The molecule has 2 aliphatic rings. The van der Waals surface area contributed by atoms with Gasteiger partial charge in [-0.05, 0) is 68.5 Å². The van der Waals surface area contributed by atoms with E-state index in [0.29, 0.717) is 29.3 Å². The van der Waals surface area contributed by atoms with Gasteiger partial charge in [0.2, 0.25) is 0 Å². The standard InChI is InChI=1S/C24H44O4S/c1-5-7-15-24(3,4)21(25)14-11-17-18-12-13-19(28-18)23(17)20(6-2)29-16-9-8-10-22(26)27/h17-21,23,25H,5-16H2,1-4H3,(H,26,27). The smallest absolute Gasteiger partial charge is 0.303 e. The van der Waals surface area contributed by atoms with Gasteiger partial charge >= 0.3 is 5.97 Å². The third-order valence-corrected chi connectivity index (χ3v) is 8.89. The van der Waals surface area contributed by atoms with Crippen molar-refractivity contribution in [2.45, 2.75) is 122 Å². The molecule has 6 atom stereocenters. The number of aliphatic hydroxyl groups is 1. The fraction of sp³-hybridized carbons (Fsp3) is 0.958. The maximum Gasteiger partial charge on any atom is 0.303 e. The third-order valence-electron chi connectivity index (χ3n) is 7.29. The SMILES string of the molecule is CCCCC(C)(C)C(O)CCC1C2CCC(O2)C1C(CC)SCCCCC(=O)O. The molecule has 6 unspecified atom stereocenters. The Bertz CT molecular complexity index is 495. The van der Waals surface area contributed by atoms with Crippen molar-refractivity contribution >= 4 is 17.7 Å². The first-order valence-corrected chi connectivity index (χ1v) is 13.0. The summed E-state index contributed by atoms with van der Waals surface area (Å²) in [5, 5.41) is 20.3. The summed E-state index contributed by atoms with van der Waals surface area (Å²) in [6, 6.07) is 0. The Balaban J connectivity index is 1.88. The number of carboxylic acid groups (broad SMARTS) is 1. The molecule has 2 aliphatic heterocycles. The zero-order chi connectivity index (χ0) is 21.4. The van der Waals surface area contributed by atoms with Crippen LogP contribution in [0.3, 0.4) is 0 Å².